The number of nitro benzene ring substituents is 1. The topological polar surface area (TPSA) is 119 Å². The minimum atomic E-state index is -0.781. The minimum absolute atomic E-state index is 0.0901. The molecule has 0 heterocycles. The minimum Gasteiger partial charge on any atom is -0.452 e. The molecule has 0 fully saturated rings. The Kier molecular flexibility index (Phi) is 5.99. The Hall–Kier alpha value is -2.97. The molecule has 22 heavy (non-hydrogen) atoms. The van der Waals surface area contributed by atoms with Crippen LogP contribution in [0.1, 0.15) is 10.4 Å². The van der Waals surface area contributed by atoms with Gasteiger partial charge in [-0.3, -0.25) is 19.7 Å². The van der Waals surface area contributed by atoms with Crippen molar-refractivity contribution in [2.45, 2.75) is 0 Å². The summed E-state index contributed by atoms with van der Waals surface area (Å²) in [6, 6.07) is 4.80. The maximum atomic E-state index is 11.7. The summed E-state index contributed by atoms with van der Waals surface area (Å²) in [5.74, 6) is -1.67. The number of nitrogens with zero attached hydrogens (tertiary/aromatic N) is 2. The fourth-order valence-corrected chi connectivity index (χ4v) is 1.42. The molecule has 0 saturated carbocycles. The molecule has 1 N–H and O–H groups in total. The monoisotopic (exact) mass is 309 g/mol. The highest BCUT2D eigenvalue weighted by atomic mass is 16.6. The quantitative estimate of drug-likeness (QED) is 0.447. The van der Waals surface area contributed by atoms with Crippen LogP contribution in [0.4, 0.5) is 5.69 Å². The van der Waals surface area contributed by atoms with Gasteiger partial charge in [0.2, 0.25) is 5.91 Å². The van der Waals surface area contributed by atoms with Crippen LogP contribution in [-0.2, 0) is 14.3 Å². The van der Waals surface area contributed by atoms with Gasteiger partial charge in [-0.05, 0) is 12.1 Å². The molecule has 0 saturated heterocycles. The second-order valence-electron chi connectivity index (χ2n) is 4.30. The van der Waals surface area contributed by atoms with Gasteiger partial charge in [0.05, 0.1) is 17.0 Å². The van der Waals surface area contributed by atoms with Crippen LogP contribution >= 0.6 is 0 Å². The molecule has 1 rings (SSSR count). The number of hydrogen-bond donors (Lipinski definition) is 1. The zero-order valence-electron chi connectivity index (χ0n) is 12.1. The lowest BCUT2D eigenvalue weighted by molar-refractivity contribution is -0.384. The van der Waals surface area contributed by atoms with E-state index in [1.54, 1.807) is 0 Å². The van der Waals surface area contributed by atoms with Crippen molar-refractivity contribution < 1.29 is 24.0 Å². The molecule has 0 unspecified atom stereocenters. The van der Waals surface area contributed by atoms with E-state index in [-0.39, 0.29) is 23.7 Å². The summed E-state index contributed by atoms with van der Waals surface area (Å²) in [7, 11) is 2.84. The molecule has 0 aliphatic heterocycles. The van der Waals surface area contributed by atoms with E-state index in [9.17, 15) is 24.5 Å². The van der Waals surface area contributed by atoms with Crippen molar-refractivity contribution in [3.8, 4) is 0 Å². The van der Waals surface area contributed by atoms with Gasteiger partial charge in [0.1, 0.15) is 0 Å². The van der Waals surface area contributed by atoms with Crippen molar-refractivity contribution >= 4 is 23.5 Å². The summed E-state index contributed by atoms with van der Waals surface area (Å²) in [4.78, 5) is 45.5. The van der Waals surface area contributed by atoms with Gasteiger partial charge >= 0.3 is 5.97 Å². The molecule has 9 heteroatoms. The normalized spacial score (nSPS) is 9.73. The van der Waals surface area contributed by atoms with Crippen LogP contribution < -0.4 is 5.32 Å². The fourth-order valence-electron chi connectivity index (χ4n) is 1.42. The van der Waals surface area contributed by atoms with Crippen LogP contribution in [0.15, 0.2) is 24.3 Å². The Labute approximate surface area is 126 Å². The summed E-state index contributed by atoms with van der Waals surface area (Å²) in [5, 5.41) is 12.9. The molecule has 1 aromatic rings. The third-order valence-corrected chi connectivity index (χ3v) is 2.73. The Balaban J connectivity index is 2.53. The molecule has 0 aliphatic rings. The van der Waals surface area contributed by atoms with E-state index in [4.69, 9.17) is 4.74 Å². The second-order valence-corrected chi connectivity index (χ2v) is 4.30. The highest BCUT2D eigenvalue weighted by Gasteiger charge is 2.16. The SMILES string of the molecule is CNC(=O)CN(C)C(=O)COC(=O)c1ccc([N+](=O)[O-])cc1. The first-order valence-corrected chi connectivity index (χ1v) is 6.21. The number of non-ortho nitro benzene ring substituents is 1. The summed E-state index contributed by atoms with van der Waals surface area (Å²) in [6.45, 7) is -0.673. The molecule has 0 aliphatic carbocycles. The molecular weight excluding hydrogens is 294 g/mol. The maximum Gasteiger partial charge on any atom is 0.338 e. The summed E-state index contributed by atoms with van der Waals surface area (Å²) in [5.41, 5.74) is -0.0645. The number of carbonyl (C=O) groups excluding carboxylic acids is 3. The first-order valence-electron chi connectivity index (χ1n) is 6.21. The predicted molar refractivity (Wildman–Crippen MR) is 75.1 cm³/mol. The van der Waals surface area contributed by atoms with Gasteiger partial charge in [0.15, 0.2) is 6.61 Å². The summed E-state index contributed by atoms with van der Waals surface area (Å²) < 4.78 is 4.79. The van der Waals surface area contributed by atoms with Crippen molar-refractivity contribution in [2.24, 2.45) is 0 Å². The van der Waals surface area contributed by atoms with Crippen LogP contribution in [0.5, 0.6) is 0 Å². The van der Waals surface area contributed by atoms with Crippen molar-refractivity contribution in [1.29, 1.82) is 0 Å². The van der Waals surface area contributed by atoms with Gasteiger partial charge in [0, 0.05) is 26.2 Å². The number of carbonyl (C=O) groups is 3. The van der Waals surface area contributed by atoms with Crippen molar-refractivity contribution in [3.05, 3.63) is 39.9 Å². The van der Waals surface area contributed by atoms with E-state index in [1.165, 1.54) is 26.2 Å². The average Bonchev–Trinajstić information content (AvgIpc) is 2.51. The van der Waals surface area contributed by atoms with Crippen molar-refractivity contribution in [3.63, 3.8) is 0 Å². The first-order chi connectivity index (χ1) is 10.3. The van der Waals surface area contributed by atoms with E-state index in [2.05, 4.69) is 5.32 Å². The number of esters is 1. The maximum absolute atomic E-state index is 11.7. The molecular formula is C13H15N3O6. The van der Waals surface area contributed by atoms with E-state index < -0.39 is 23.4 Å². The molecule has 0 aromatic heterocycles. The van der Waals surface area contributed by atoms with Crippen molar-refractivity contribution in [1.82, 2.24) is 10.2 Å². The first kappa shape index (κ1) is 17.1. The average molecular weight is 309 g/mol. The zero-order chi connectivity index (χ0) is 16.7. The Morgan fingerprint density at radius 1 is 1.27 bits per heavy atom. The van der Waals surface area contributed by atoms with E-state index in [0.717, 1.165) is 17.0 Å². The van der Waals surface area contributed by atoms with Gasteiger partial charge < -0.3 is 15.0 Å². The molecule has 0 radical (unpaired) electrons. The lowest BCUT2D eigenvalue weighted by atomic mass is 10.2. The van der Waals surface area contributed by atoms with Gasteiger partial charge in [-0.2, -0.15) is 0 Å². The number of benzene rings is 1. The van der Waals surface area contributed by atoms with Crippen LogP contribution in [-0.4, -0.2) is 54.9 Å². The largest absolute Gasteiger partial charge is 0.452 e. The van der Waals surface area contributed by atoms with Gasteiger partial charge in [-0.15, -0.1) is 0 Å². The highest BCUT2D eigenvalue weighted by Crippen LogP contribution is 2.12. The molecule has 0 spiro atoms. The molecule has 2 amide bonds. The number of nitro groups is 1. The molecule has 9 nitrogen and oxygen atoms in total. The molecule has 118 valence electrons. The number of ether oxygens (including phenoxy) is 1. The second kappa shape index (κ2) is 7.72. The predicted octanol–water partition coefficient (Wildman–Crippen LogP) is -0.0440. The smallest absolute Gasteiger partial charge is 0.338 e. The molecule has 0 atom stereocenters. The standard InChI is InChI=1S/C13H15N3O6/c1-14-11(17)7-15(2)12(18)8-22-13(19)9-3-5-10(6-4-9)16(20)21/h3-6H,7-8H2,1-2H3,(H,14,17). The van der Waals surface area contributed by atoms with Gasteiger partial charge in [-0.25, -0.2) is 4.79 Å². The van der Waals surface area contributed by atoms with Crippen LogP contribution in [0.2, 0.25) is 0 Å². The fraction of sp³-hybridized carbons (Fsp3) is 0.308. The zero-order valence-corrected chi connectivity index (χ0v) is 12.1. The highest BCUT2D eigenvalue weighted by molar-refractivity contribution is 5.92. The Morgan fingerprint density at radius 2 is 1.86 bits per heavy atom. The molecule has 0 bridgehead atoms. The third-order valence-electron chi connectivity index (χ3n) is 2.73. The number of likely N-dealkylation sites (N-methyl/N-ethyl adjacent to an activating group) is 2. The van der Waals surface area contributed by atoms with E-state index >= 15 is 0 Å². The summed E-state index contributed by atoms with van der Waals surface area (Å²) in [6.07, 6.45) is 0. The lowest BCUT2D eigenvalue weighted by Crippen LogP contribution is -2.39. The Morgan fingerprint density at radius 3 is 2.36 bits per heavy atom. The van der Waals surface area contributed by atoms with Gasteiger partial charge in [0.25, 0.3) is 11.6 Å². The number of nitrogens with one attached hydrogen (secondary N) is 1. The number of hydrogen-bond acceptors (Lipinski definition) is 6. The van der Waals surface area contributed by atoms with Crippen LogP contribution in [0.3, 0.4) is 0 Å². The van der Waals surface area contributed by atoms with Crippen LogP contribution in [0, 0.1) is 10.1 Å². The third kappa shape index (κ3) is 4.85. The Bertz CT molecular complexity index is 584. The number of rotatable bonds is 6. The van der Waals surface area contributed by atoms with E-state index in [0.29, 0.717) is 0 Å². The van der Waals surface area contributed by atoms with Crippen LogP contribution in [0.25, 0.3) is 0 Å². The van der Waals surface area contributed by atoms with E-state index in [1.807, 2.05) is 0 Å². The molecule has 1 aromatic carbocycles. The number of amides is 2. The lowest BCUT2D eigenvalue weighted by Gasteiger charge is -2.15. The van der Waals surface area contributed by atoms with Crippen molar-refractivity contribution in [2.75, 3.05) is 27.2 Å². The summed E-state index contributed by atoms with van der Waals surface area (Å²) >= 11 is 0. The van der Waals surface area contributed by atoms with Gasteiger partial charge in [-0.1, -0.05) is 0 Å².